The third-order valence-electron chi connectivity index (χ3n) is 8.17. The summed E-state index contributed by atoms with van der Waals surface area (Å²) in [6, 6.07) is 11.1. The van der Waals surface area contributed by atoms with Gasteiger partial charge in [0.1, 0.15) is 11.6 Å². The maximum atomic E-state index is 14.1. The van der Waals surface area contributed by atoms with Crippen LogP contribution in [0.2, 0.25) is 0 Å². The summed E-state index contributed by atoms with van der Waals surface area (Å²) >= 11 is 0. The summed E-state index contributed by atoms with van der Waals surface area (Å²) in [5, 5.41) is 27.6. The van der Waals surface area contributed by atoms with Crippen LogP contribution in [0, 0.1) is 17.6 Å². The van der Waals surface area contributed by atoms with E-state index in [1.165, 1.54) is 29.7 Å². The standard InChI is InChI=1S/C30H40F2N2O3/c1-29(2,3)21-8-7-9-22(16-21)30(10-5-4-6-11-30)33-18-26(35)27(19-12-23(31)17-24(32)13-19)34-25-14-20(15-25)28(36)37/h7-9,12-13,16-17,20,25-27,33-35H,4-6,10-11,14-15,18H2,1-3H3,(H,36,37)/t20?,25?,26-,27?/m1/s1. The third-order valence-corrected chi connectivity index (χ3v) is 8.17. The second-order valence-corrected chi connectivity index (χ2v) is 12.0. The van der Waals surface area contributed by atoms with Gasteiger partial charge in [-0.2, -0.15) is 0 Å². The summed E-state index contributed by atoms with van der Waals surface area (Å²) in [6.45, 7) is 6.81. The predicted octanol–water partition coefficient (Wildman–Crippen LogP) is 5.57. The molecular weight excluding hydrogens is 474 g/mol. The molecule has 0 saturated heterocycles. The van der Waals surface area contributed by atoms with Gasteiger partial charge < -0.3 is 20.8 Å². The molecule has 0 aromatic heterocycles. The molecule has 2 aromatic rings. The van der Waals surface area contributed by atoms with Crippen molar-refractivity contribution in [1.29, 1.82) is 0 Å². The summed E-state index contributed by atoms with van der Waals surface area (Å²) in [4.78, 5) is 11.3. The fourth-order valence-electron chi connectivity index (χ4n) is 5.82. The highest BCUT2D eigenvalue weighted by Gasteiger charge is 2.39. The Labute approximate surface area is 218 Å². The first-order valence-electron chi connectivity index (χ1n) is 13.5. The second kappa shape index (κ2) is 11.2. The number of hydrogen-bond acceptors (Lipinski definition) is 4. The van der Waals surface area contributed by atoms with Crippen molar-refractivity contribution in [2.24, 2.45) is 5.92 Å². The first-order valence-corrected chi connectivity index (χ1v) is 13.5. The lowest BCUT2D eigenvalue weighted by molar-refractivity contribution is -0.145. The number of carboxylic acids is 1. The molecule has 1 unspecified atom stereocenters. The van der Waals surface area contributed by atoms with Crippen LogP contribution < -0.4 is 10.6 Å². The van der Waals surface area contributed by atoms with E-state index in [2.05, 4.69) is 55.7 Å². The van der Waals surface area contributed by atoms with Crippen molar-refractivity contribution in [3.8, 4) is 0 Å². The number of hydrogen-bond donors (Lipinski definition) is 4. The summed E-state index contributed by atoms with van der Waals surface area (Å²) in [7, 11) is 0. The Balaban J connectivity index is 1.56. The summed E-state index contributed by atoms with van der Waals surface area (Å²) in [5.74, 6) is -2.69. The van der Waals surface area contributed by atoms with Gasteiger partial charge in [0.2, 0.25) is 0 Å². The Bertz CT molecular complexity index is 1070. The lowest BCUT2D eigenvalue weighted by Crippen LogP contribution is -2.52. The smallest absolute Gasteiger partial charge is 0.306 e. The number of aliphatic carboxylic acids is 1. The molecule has 5 nitrogen and oxygen atoms in total. The molecule has 2 atom stereocenters. The number of benzene rings is 2. The summed E-state index contributed by atoms with van der Waals surface area (Å²) < 4.78 is 28.2. The first kappa shape index (κ1) is 27.7. The van der Waals surface area contributed by atoms with Crippen LogP contribution in [0.25, 0.3) is 0 Å². The minimum absolute atomic E-state index is 0.0123. The van der Waals surface area contributed by atoms with Crippen LogP contribution in [0.5, 0.6) is 0 Å². The number of halogens is 2. The van der Waals surface area contributed by atoms with Gasteiger partial charge >= 0.3 is 5.97 Å². The topological polar surface area (TPSA) is 81.6 Å². The van der Waals surface area contributed by atoms with Gasteiger partial charge in [-0.3, -0.25) is 4.79 Å². The molecule has 4 rings (SSSR count). The highest BCUT2D eigenvalue weighted by atomic mass is 19.1. The van der Waals surface area contributed by atoms with E-state index in [1.807, 2.05) is 0 Å². The monoisotopic (exact) mass is 514 g/mol. The van der Waals surface area contributed by atoms with Crippen molar-refractivity contribution in [1.82, 2.24) is 10.6 Å². The minimum atomic E-state index is -0.977. The molecule has 0 bridgehead atoms. The molecule has 0 amide bonds. The lowest BCUT2D eigenvalue weighted by Gasteiger charge is -2.42. The Hall–Kier alpha value is -2.35. The first-order chi connectivity index (χ1) is 17.5. The zero-order valence-corrected chi connectivity index (χ0v) is 22.1. The van der Waals surface area contributed by atoms with Gasteiger partial charge in [-0.1, -0.05) is 64.3 Å². The lowest BCUT2D eigenvalue weighted by atomic mass is 9.74. The molecule has 202 valence electrons. The van der Waals surface area contributed by atoms with Crippen LogP contribution in [0.3, 0.4) is 0 Å². The predicted molar refractivity (Wildman–Crippen MR) is 140 cm³/mol. The number of rotatable bonds is 9. The fraction of sp³-hybridized carbons (Fsp3) is 0.567. The maximum absolute atomic E-state index is 14.1. The normalized spacial score (nSPS) is 23.2. The third kappa shape index (κ3) is 6.57. The van der Waals surface area contributed by atoms with Gasteiger partial charge in [-0.25, -0.2) is 8.78 Å². The molecule has 2 aliphatic carbocycles. The molecule has 0 heterocycles. The van der Waals surface area contributed by atoms with E-state index in [0.717, 1.165) is 31.7 Å². The summed E-state index contributed by atoms with van der Waals surface area (Å²) in [5.41, 5.74) is 2.50. The van der Waals surface area contributed by atoms with Crippen LogP contribution in [0.4, 0.5) is 8.78 Å². The van der Waals surface area contributed by atoms with E-state index in [9.17, 15) is 23.8 Å². The minimum Gasteiger partial charge on any atom is -0.481 e. The Morgan fingerprint density at radius 3 is 2.30 bits per heavy atom. The molecule has 2 saturated carbocycles. The van der Waals surface area contributed by atoms with E-state index in [0.29, 0.717) is 18.4 Å². The van der Waals surface area contributed by atoms with Crippen molar-refractivity contribution in [3.63, 3.8) is 0 Å². The Morgan fingerprint density at radius 1 is 1.05 bits per heavy atom. The molecular formula is C30H40F2N2O3. The fourth-order valence-corrected chi connectivity index (χ4v) is 5.82. The van der Waals surface area contributed by atoms with E-state index in [1.54, 1.807) is 0 Å². The quantitative estimate of drug-likeness (QED) is 0.352. The average molecular weight is 515 g/mol. The van der Waals surface area contributed by atoms with Crippen molar-refractivity contribution >= 4 is 5.97 Å². The van der Waals surface area contributed by atoms with Crippen molar-refractivity contribution < 1.29 is 23.8 Å². The number of aliphatic hydroxyl groups excluding tert-OH is 1. The van der Waals surface area contributed by atoms with Gasteiger partial charge in [0.25, 0.3) is 0 Å². The van der Waals surface area contributed by atoms with Crippen LogP contribution in [-0.2, 0) is 15.7 Å². The van der Waals surface area contributed by atoms with E-state index < -0.39 is 35.7 Å². The number of carboxylic acid groups (broad SMARTS) is 1. The highest BCUT2D eigenvalue weighted by Crippen LogP contribution is 2.39. The highest BCUT2D eigenvalue weighted by molar-refractivity contribution is 5.71. The summed E-state index contributed by atoms with van der Waals surface area (Å²) in [6.07, 6.45) is 5.10. The van der Waals surface area contributed by atoms with Crippen LogP contribution in [0.15, 0.2) is 42.5 Å². The number of aliphatic hydroxyl groups is 1. The second-order valence-electron chi connectivity index (χ2n) is 12.0. The molecule has 4 N–H and O–H groups in total. The SMILES string of the molecule is CC(C)(C)c1cccc(C2(NC[C@@H](O)C(NC3CC(C(=O)O)C3)c3cc(F)cc(F)c3)CCCCC2)c1. The van der Waals surface area contributed by atoms with Crippen LogP contribution >= 0.6 is 0 Å². The zero-order valence-electron chi connectivity index (χ0n) is 22.1. The molecule has 0 aliphatic heterocycles. The zero-order chi connectivity index (χ0) is 26.8. The van der Waals surface area contributed by atoms with Gasteiger partial charge in [0.05, 0.1) is 18.1 Å². The molecule has 2 fully saturated rings. The molecule has 0 spiro atoms. The molecule has 2 aliphatic rings. The number of carbonyl (C=O) groups is 1. The Morgan fingerprint density at radius 2 is 1.70 bits per heavy atom. The van der Waals surface area contributed by atoms with Crippen LogP contribution in [-0.4, -0.2) is 34.9 Å². The van der Waals surface area contributed by atoms with Gasteiger partial charge in [-0.15, -0.1) is 0 Å². The van der Waals surface area contributed by atoms with Gasteiger partial charge in [0, 0.05) is 24.2 Å². The average Bonchev–Trinajstić information content (AvgIpc) is 2.81. The van der Waals surface area contributed by atoms with Crippen molar-refractivity contribution in [2.75, 3.05) is 6.54 Å². The maximum Gasteiger partial charge on any atom is 0.306 e. The number of nitrogens with one attached hydrogen (secondary N) is 2. The largest absolute Gasteiger partial charge is 0.481 e. The molecule has 7 heteroatoms. The van der Waals surface area contributed by atoms with Crippen LogP contribution in [0.1, 0.15) is 88.4 Å². The van der Waals surface area contributed by atoms with Crippen molar-refractivity contribution in [3.05, 3.63) is 70.8 Å². The van der Waals surface area contributed by atoms with Gasteiger partial charge in [0.15, 0.2) is 0 Å². The van der Waals surface area contributed by atoms with E-state index in [-0.39, 0.29) is 23.5 Å². The molecule has 2 aromatic carbocycles. The van der Waals surface area contributed by atoms with Crippen molar-refractivity contribution in [2.45, 2.75) is 94.9 Å². The molecule has 37 heavy (non-hydrogen) atoms. The molecule has 0 radical (unpaired) electrons. The Kier molecular flexibility index (Phi) is 8.36. The van der Waals surface area contributed by atoms with Gasteiger partial charge in [-0.05, 0) is 59.9 Å². The van der Waals surface area contributed by atoms with E-state index in [4.69, 9.17) is 0 Å². The van der Waals surface area contributed by atoms with E-state index >= 15 is 0 Å².